The van der Waals surface area contributed by atoms with E-state index in [1.165, 1.54) is 4.90 Å². The van der Waals surface area contributed by atoms with Crippen LogP contribution in [0, 0.1) is 6.92 Å². The topological polar surface area (TPSA) is 69.6 Å². The number of nitrogens with zero attached hydrogens (tertiary/aromatic N) is 1. The Labute approximate surface area is 126 Å². The molecule has 0 aromatic heterocycles. The highest BCUT2D eigenvalue weighted by molar-refractivity contribution is 5.81. The van der Waals surface area contributed by atoms with Gasteiger partial charge in [-0.3, -0.25) is 4.79 Å². The van der Waals surface area contributed by atoms with E-state index in [4.69, 9.17) is 5.11 Å². The van der Waals surface area contributed by atoms with E-state index < -0.39 is 11.5 Å². The van der Waals surface area contributed by atoms with E-state index in [1.54, 1.807) is 0 Å². The molecular weight excluding hydrogens is 268 g/mol. The van der Waals surface area contributed by atoms with Crippen LogP contribution >= 0.6 is 0 Å². The predicted octanol–water partition coefficient (Wildman–Crippen LogP) is 2.95. The molecule has 2 amide bonds. The number of hydrogen-bond donors (Lipinski definition) is 2. The summed E-state index contributed by atoms with van der Waals surface area (Å²) in [6, 6.07) is 7.32. The van der Waals surface area contributed by atoms with Crippen LogP contribution < -0.4 is 5.32 Å². The molecule has 5 nitrogen and oxygen atoms in total. The van der Waals surface area contributed by atoms with Crippen molar-refractivity contribution >= 4 is 12.0 Å². The standard InChI is InChI=1S/C16H24N2O3/c1-11-6-8-13(9-7-11)12(2)17-15(21)18(10-14(19)20)16(3,4)5/h6-9,12H,10H2,1-5H3,(H,17,21)(H,19,20). The number of nitrogens with one attached hydrogen (secondary N) is 1. The van der Waals surface area contributed by atoms with Gasteiger partial charge in [0, 0.05) is 5.54 Å². The number of amides is 2. The highest BCUT2D eigenvalue weighted by Gasteiger charge is 2.29. The summed E-state index contributed by atoms with van der Waals surface area (Å²) in [5, 5.41) is 11.8. The van der Waals surface area contributed by atoms with Crippen molar-refractivity contribution in [2.75, 3.05) is 6.54 Å². The number of hydrogen-bond acceptors (Lipinski definition) is 2. The second-order valence-corrected chi connectivity index (χ2v) is 6.23. The number of rotatable bonds is 4. The van der Waals surface area contributed by atoms with Crippen LogP contribution in [0.5, 0.6) is 0 Å². The molecule has 0 aliphatic heterocycles. The molecule has 1 atom stereocenters. The molecule has 1 unspecified atom stereocenters. The van der Waals surface area contributed by atoms with Crippen molar-refractivity contribution in [3.8, 4) is 0 Å². The molecule has 0 heterocycles. The molecule has 0 aliphatic rings. The maximum Gasteiger partial charge on any atom is 0.323 e. The fraction of sp³-hybridized carbons (Fsp3) is 0.500. The van der Waals surface area contributed by atoms with Gasteiger partial charge in [-0.15, -0.1) is 0 Å². The molecule has 0 aliphatic carbocycles. The largest absolute Gasteiger partial charge is 0.480 e. The second kappa shape index (κ2) is 6.61. The van der Waals surface area contributed by atoms with Crippen LogP contribution in [-0.4, -0.2) is 34.1 Å². The highest BCUT2D eigenvalue weighted by atomic mass is 16.4. The lowest BCUT2D eigenvalue weighted by Gasteiger charge is -2.35. The second-order valence-electron chi connectivity index (χ2n) is 6.23. The van der Waals surface area contributed by atoms with Crippen LogP contribution in [0.15, 0.2) is 24.3 Å². The Bertz CT molecular complexity index is 503. The van der Waals surface area contributed by atoms with Crippen molar-refractivity contribution < 1.29 is 14.7 Å². The third-order valence-corrected chi connectivity index (χ3v) is 3.27. The van der Waals surface area contributed by atoms with E-state index in [2.05, 4.69) is 5.32 Å². The molecule has 1 aromatic rings. The molecule has 5 heteroatoms. The number of carboxylic acids is 1. The smallest absolute Gasteiger partial charge is 0.323 e. The van der Waals surface area contributed by atoms with Gasteiger partial charge < -0.3 is 15.3 Å². The third-order valence-electron chi connectivity index (χ3n) is 3.27. The van der Waals surface area contributed by atoms with Gasteiger partial charge in [0.05, 0.1) is 6.04 Å². The van der Waals surface area contributed by atoms with E-state index in [0.717, 1.165) is 11.1 Å². The molecule has 0 spiro atoms. The minimum atomic E-state index is -1.02. The highest BCUT2D eigenvalue weighted by Crippen LogP contribution is 2.17. The first-order chi connectivity index (χ1) is 9.61. The summed E-state index contributed by atoms with van der Waals surface area (Å²) in [5.74, 6) is -1.02. The van der Waals surface area contributed by atoms with Gasteiger partial charge in [0.25, 0.3) is 0 Å². The maximum absolute atomic E-state index is 12.3. The quantitative estimate of drug-likeness (QED) is 0.896. The number of urea groups is 1. The Hall–Kier alpha value is -2.04. The fourth-order valence-electron chi connectivity index (χ4n) is 1.95. The Morgan fingerprint density at radius 3 is 2.19 bits per heavy atom. The van der Waals surface area contributed by atoms with Gasteiger partial charge in [0.1, 0.15) is 6.54 Å². The molecule has 0 saturated carbocycles. The van der Waals surface area contributed by atoms with E-state index in [9.17, 15) is 9.59 Å². The van der Waals surface area contributed by atoms with E-state index in [1.807, 2.05) is 58.9 Å². The minimum Gasteiger partial charge on any atom is -0.480 e. The molecule has 0 fully saturated rings. The van der Waals surface area contributed by atoms with Crippen molar-refractivity contribution in [1.82, 2.24) is 10.2 Å². The number of carbonyl (C=O) groups excluding carboxylic acids is 1. The van der Waals surface area contributed by atoms with Crippen molar-refractivity contribution in [3.63, 3.8) is 0 Å². The first kappa shape index (κ1) is 17.0. The first-order valence-corrected chi connectivity index (χ1v) is 6.97. The van der Waals surface area contributed by atoms with Crippen LogP contribution in [-0.2, 0) is 4.79 Å². The van der Waals surface area contributed by atoms with Crippen LogP contribution in [0.3, 0.4) is 0 Å². The van der Waals surface area contributed by atoms with Gasteiger partial charge in [-0.05, 0) is 40.2 Å². The van der Waals surface area contributed by atoms with Gasteiger partial charge in [-0.25, -0.2) is 4.79 Å². The van der Waals surface area contributed by atoms with Crippen LogP contribution in [0.25, 0.3) is 0 Å². The molecule has 0 saturated heterocycles. The molecule has 1 rings (SSSR count). The number of aliphatic carboxylic acids is 1. The maximum atomic E-state index is 12.3. The summed E-state index contributed by atoms with van der Waals surface area (Å²) in [6.07, 6.45) is 0. The monoisotopic (exact) mass is 292 g/mol. The van der Waals surface area contributed by atoms with Crippen molar-refractivity contribution in [2.45, 2.75) is 46.2 Å². The lowest BCUT2D eigenvalue weighted by Crippen LogP contribution is -2.52. The van der Waals surface area contributed by atoms with E-state index in [0.29, 0.717) is 0 Å². The fourth-order valence-corrected chi connectivity index (χ4v) is 1.95. The zero-order valence-electron chi connectivity index (χ0n) is 13.3. The Kier molecular flexibility index (Phi) is 5.35. The molecule has 2 N–H and O–H groups in total. The summed E-state index contributed by atoms with van der Waals surface area (Å²) in [7, 11) is 0. The summed E-state index contributed by atoms with van der Waals surface area (Å²) < 4.78 is 0. The van der Waals surface area contributed by atoms with Crippen molar-refractivity contribution in [1.29, 1.82) is 0 Å². The van der Waals surface area contributed by atoms with Crippen LogP contribution in [0.2, 0.25) is 0 Å². The molecule has 116 valence electrons. The third kappa shape index (κ3) is 5.10. The number of carboxylic acid groups (broad SMARTS) is 1. The zero-order chi connectivity index (χ0) is 16.2. The zero-order valence-corrected chi connectivity index (χ0v) is 13.3. The van der Waals surface area contributed by atoms with Gasteiger partial charge in [-0.2, -0.15) is 0 Å². The Morgan fingerprint density at radius 1 is 1.24 bits per heavy atom. The SMILES string of the molecule is Cc1ccc(C(C)NC(=O)N(CC(=O)O)C(C)(C)C)cc1. The Balaban J connectivity index is 2.81. The number of benzene rings is 1. The van der Waals surface area contributed by atoms with E-state index in [-0.39, 0.29) is 18.6 Å². The van der Waals surface area contributed by atoms with Gasteiger partial charge in [0.15, 0.2) is 0 Å². The van der Waals surface area contributed by atoms with Crippen LogP contribution in [0.1, 0.15) is 44.9 Å². The van der Waals surface area contributed by atoms with Gasteiger partial charge >= 0.3 is 12.0 Å². The minimum absolute atomic E-state index is 0.184. The molecule has 1 aromatic carbocycles. The van der Waals surface area contributed by atoms with Crippen molar-refractivity contribution in [2.24, 2.45) is 0 Å². The number of carbonyl (C=O) groups is 2. The van der Waals surface area contributed by atoms with Crippen LogP contribution in [0.4, 0.5) is 4.79 Å². The molecular formula is C16H24N2O3. The molecule has 0 radical (unpaired) electrons. The molecule has 21 heavy (non-hydrogen) atoms. The first-order valence-electron chi connectivity index (χ1n) is 6.97. The molecule has 0 bridgehead atoms. The normalized spacial score (nSPS) is 12.6. The average molecular weight is 292 g/mol. The van der Waals surface area contributed by atoms with E-state index >= 15 is 0 Å². The predicted molar refractivity (Wildman–Crippen MR) is 82.2 cm³/mol. The summed E-state index contributed by atoms with van der Waals surface area (Å²) in [5.41, 5.74) is 1.58. The lowest BCUT2D eigenvalue weighted by atomic mass is 10.1. The van der Waals surface area contributed by atoms with Gasteiger partial charge in [-0.1, -0.05) is 29.8 Å². The van der Waals surface area contributed by atoms with Gasteiger partial charge in [0.2, 0.25) is 0 Å². The Morgan fingerprint density at radius 2 is 1.76 bits per heavy atom. The number of aryl methyl sites for hydroxylation is 1. The lowest BCUT2D eigenvalue weighted by molar-refractivity contribution is -0.138. The summed E-state index contributed by atoms with van der Waals surface area (Å²) in [6.45, 7) is 8.99. The summed E-state index contributed by atoms with van der Waals surface area (Å²) >= 11 is 0. The van der Waals surface area contributed by atoms with Crippen molar-refractivity contribution in [3.05, 3.63) is 35.4 Å². The average Bonchev–Trinajstić information content (AvgIpc) is 2.35. The summed E-state index contributed by atoms with van der Waals surface area (Å²) in [4.78, 5) is 24.6.